The summed E-state index contributed by atoms with van der Waals surface area (Å²) in [6, 6.07) is 9.58. The first-order valence-corrected chi connectivity index (χ1v) is 16.0. The summed E-state index contributed by atoms with van der Waals surface area (Å²) in [5.41, 5.74) is 2.07. The molecule has 1 aromatic carbocycles. The van der Waals surface area contributed by atoms with E-state index in [1.54, 1.807) is 34.2 Å². The number of alkyl halides is 2. The van der Waals surface area contributed by atoms with Crippen LogP contribution in [0.25, 0.3) is 27.5 Å². The Hall–Kier alpha value is -3.63. The molecular formula is C33H35ClF2N4O3S. The number of rotatable bonds is 9. The number of likely N-dealkylation sites (tertiary alicyclic amines) is 1. The topological polar surface area (TPSA) is 77.3 Å². The Morgan fingerprint density at radius 2 is 2.00 bits per heavy atom. The summed E-state index contributed by atoms with van der Waals surface area (Å²) in [4.78, 5) is 39.2. The fourth-order valence-electron chi connectivity index (χ4n) is 5.54. The van der Waals surface area contributed by atoms with E-state index in [1.165, 1.54) is 29.7 Å². The fraction of sp³-hybridized carbons (Fsp3) is 0.394. The number of hydrogen-bond acceptors (Lipinski definition) is 6. The number of pyridine rings is 2. The molecule has 11 heteroatoms. The lowest BCUT2D eigenvalue weighted by Crippen LogP contribution is -2.40. The number of nitrogens with zero attached hydrogens (tertiary/aromatic N) is 4. The Morgan fingerprint density at radius 3 is 2.66 bits per heavy atom. The Labute approximate surface area is 264 Å². The second-order valence-corrected chi connectivity index (χ2v) is 12.8. The van der Waals surface area contributed by atoms with Crippen molar-refractivity contribution in [2.75, 3.05) is 19.7 Å². The largest absolute Gasteiger partial charge is 0.492 e. The highest BCUT2D eigenvalue weighted by Gasteiger charge is 2.29. The number of halogens is 3. The van der Waals surface area contributed by atoms with Crippen LogP contribution in [0, 0.1) is 11.8 Å². The Morgan fingerprint density at radius 1 is 1.20 bits per heavy atom. The lowest BCUT2D eigenvalue weighted by atomic mass is 9.96. The van der Waals surface area contributed by atoms with Gasteiger partial charge in [0.05, 0.1) is 29.1 Å². The third-order valence-electron chi connectivity index (χ3n) is 7.58. The zero-order valence-corrected chi connectivity index (χ0v) is 26.7. The Balaban J connectivity index is 1.74. The molecule has 44 heavy (non-hydrogen) atoms. The summed E-state index contributed by atoms with van der Waals surface area (Å²) >= 11 is 7.70. The highest BCUT2D eigenvalue weighted by atomic mass is 35.5. The van der Waals surface area contributed by atoms with Crippen LogP contribution in [0.2, 0.25) is 5.02 Å². The van der Waals surface area contributed by atoms with Crippen LogP contribution in [-0.4, -0.2) is 45.0 Å². The van der Waals surface area contributed by atoms with E-state index in [1.807, 2.05) is 25.7 Å². The summed E-state index contributed by atoms with van der Waals surface area (Å²) in [5.74, 6) is 0.834. The van der Waals surface area contributed by atoms with Crippen molar-refractivity contribution in [1.29, 1.82) is 0 Å². The minimum Gasteiger partial charge on any atom is -0.492 e. The molecule has 0 bridgehead atoms. The molecule has 232 valence electrons. The number of piperidine rings is 1. The predicted octanol–water partition coefficient (Wildman–Crippen LogP) is 8.08. The average molecular weight is 641 g/mol. The molecule has 0 unspecified atom stereocenters. The summed E-state index contributed by atoms with van der Waals surface area (Å²) < 4.78 is 33.6. The molecule has 7 nitrogen and oxygen atoms in total. The summed E-state index contributed by atoms with van der Waals surface area (Å²) in [5, 5.41) is 2.57. The van der Waals surface area contributed by atoms with Gasteiger partial charge in [-0.25, -0.2) is 13.8 Å². The molecule has 5 rings (SSSR count). The number of aromatic nitrogens is 3. The molecule has 4 aromatic rings. The van der Waals surface area contributed by atoms with Crippen molar-refractivity contribution in [2.45, 2.75) is 53.4 Å². The first kappa shape index (κ1) is 31.8. The first-order valence-electron chi connectivity index (χ1n) is 14.8. The number of benzene rings is 1. The van der Waals surface area contributed by atoms with Gasteiger partial charge in [0.15, 0.2) is 0 Å². The van der Waals surface area contributed by atoms with Crippen molar-refractivity contribution >= 4 is 28.8 Å². The van der Waals surface area contributed by atoms with E-state index in [9.17, 15) is 18.4 Å². The quantitative estimate of drug-likeness (QED) is 0.185. The normalized spacial score (nSPS) is 15.3. The van der Waals surface area contributed by atoms with Crippen molar-refractivity contribution < 1.29 is 18.3 Å². The maximum atomic E-state index is 14.5. The SMILES string of the molecule is CCOc1ccc(Cl)cc1-n1c(CC(C)C)c(C(=O)N2CCC[C@@H](C)C2)cc(-c2nc(-c3ccc(C(F)F)nc3)cs2)c1=O. The molecule has 1 aliphatic heterocycles. The van der Waals surface area contributed by atoms with Crippen LogP contribution in [0.5, 0.6) is 5.75 Å². The second kappa shape index (κ2) is 13.6. The number of carbonyl (C=O) groups excluding carboxylic acids is 1. The molecule has 0 spiro atoms. The molecule has 1 atom stereocenters. The number of hydrogen-bond donors (Lipinski definition) is 0. The van der Waals surface area contributed by atoms with Crippen LogP contribution >= 0.6 is 22.9 Å². The Kier molecular flexibility index (Phi) is 9.80. The molecule has 0 N–H and O–H groups in total. The van der Waals surface area contributed by atoms with Crippen molar-refractivity contribution in [3.63, 3.8) is 0 Å². The van der Waals surface area contributed by atoms with Crippen molar-refractivity contribution in [3.05, 3.63) is 80.3 Å². The van der Waals surface area contributed by atoms with E-state index in [0.717, 1.165) is 12.8 Å². The van der Waals surface area contributed by atoms with Gasteiger partial charge >= 0.3 is 0 Å². The lowest BCUT2D eigenvalue weighted by Gasteiger charge is -2.32. The fourth-order valence-corrected chi connectivity index (χ4v) is 6.54. The molecular weight excluding hydrogens is 606 g/mol. The van der Waals surface area contributed by atoms with Gasteiger partial charge in [-0.2, -0.15) is 0 Å². The third kappa shape index (κ3) is 6.71. The molecule has 0 aliphatic carbocycles. The summed E-state index contributed by atoms with van der Waals surface area (Å²) in [7, 11) is 0. The van der Waals surface area contributed by atoms with Gasteiger partial charge in [-0.3, -0.25) is 19.1 Å². The first-order chi connectivity index (χ1) is 21.1. The maximum Gasteiger partial charge on any atom is 0.280 e. The van der Waals surface area contributed by atoms with E-state index in [-0.39, 0.29) is 28.6 Å². The molecule has 4 heterocycles. The zero-order chi connectivity index (χ0) is 31.5. The van der Waals surface area contributed by atoms with Gasteiger partial charge in [-0.05, 0) is 74.4 Å². The van der Waals surface area contributed by atoms with Gasteiger partial charge in [-0.1, -0.05) is 32.4 Å². The van der Waals surface area contributed by atoms with E-state index >= 15 is 0 Å². The molecule has 1 amide bonds. The predicted molar refractivity (Wildman–Crippen MR) is 170 cm³/mol. The van der Waals surface area contributed by atoms with Gasteiger partial charge in [0.1, 0.15) is 16.5 Å². The smallest absolute Gasteiger partial charge is 0.280 e. The van der Waals surface area contributed by atoms with Crippen LogP contribution < -0.4 is 10.3 Å². The summed E-state index contributed by atoms with van der Waals surface area (Å²) in [6.45, 7) is 9.74. The van der Waals surface area contributed by atoms with Crippen LogP contribution in [-0.2, 0) is 6.42 Å². The average Bonchev–Trinajstić information content (AvgIpc) is 3.48. The molecule has 0 saturated carbocycles. The maximum absolute atomic E-state index is 14.5. The van der Waals surface area contributed by atoms with Gasteiger partial charge in [0.2, 0.25) is 0 Å². The lowest BCUT2D eigenvalue weighted by molar-refractivity contribution is 0.0680. The molecule has 1 saturated heterocycles. The number of ether oxygens (including phenoxy) is 1. The Bertz CT molecular complexity index is 1700. The van der Waals surface area contributed by atoms with Crippen LogP contribution in [0.1, 0.15) is 68.7 Å². The molecule has 3 aromatic heterocycles. The number of carbonyl (C=O) groups is 1. The van der Waals surface area contributed by atoms with Gasteiger partial charge < -0.3 is 9.64 Å². The highest BCUT2D eigenvalue weighted by Crippen LogP contribution is 2.34. The van der Waals surface area contributed by atoms with E-state index < -0.39 is 6.43 Å². The number of amides is 1. The van der Waals surface area contributed by atoms with E-state index in [4.69, 9.17) is 21.3 Å². The van der Waals surface area contributed by atoms with Gasteiger partial charge in [0.25, 0.3) is 17.9 Å². The van der Waals surface area contributed by atoms with Gasteiger partial charge in [-0.15, -0.1) is 11.3 Å². The van der Waals surface area contributed by atoms with Gasteiger partial charge in [0, 0.05) is 40.9 Å². The molecule has 1 fully saturated rings. The van der Waals surface area contributed by atoms with E-state index in [0.29, 0.717) is 76.0 Å². The monoisotopic (exact) mass is 640 g/mol. The van der Waals surface area contributed by atoms with Crippen LogP contribution in [0.3, 0.4) is 0 Å². The molecule has 1 aliphatic rings. The van der Waals surface area contributed by atoms with Crippen molar-refractivity contribution in [1.82, 2.24) is 19.4 Å². The second-order valence-electron chi connectivity index (χ2n) is 11.5. The van der Waals surface area contributed by atoms with Crippen LogP contribution in [0.15, 0.2) is 52.8 Å². The highest BCUT2D eigenvalue weighted by molar-refractivity contribution is 7.13. The molecule has 0 radical (unpaired) electrons. The van der Waals surface area contributed by atoms with Crippen LogP contribution in [0.4, 0.5) is 8.78 Å². The van der Waals surface area contributed by atoms with Crippen molar-refractivity contribution in [2.24, 2.45) is 11.8 Å². The van der Waals surface area contributed by atoms with Crippen molar-refractivity contribution in [3.8, 4) is 33.3 Å². The zero-order valence-electron chi connectivity index (χ0n) is 25.1. The summed E-state index contributed by atoms with van der Waals surface area (Å²) in [6.07, 6.45) is 1.10. The van der Waals surface area contributed by atoms with E-state index in [2.05, 4.69) is 11.9 Å². The minimum atomic E-state index is -2.68. The third-order valence-corrected chi connectivity index (χ3v) is 8.69. The minimum absolute atomic E-state index is 0.128. The standard InChI is InChI=1S/C33H35ClF2N4O3S/c1-5-43-29-11-9-22(34)14-28(29)40-27(13-19(2)3)23(32(41)39-12-6-7-20(4)17-39)15-24(33(40)42)31-38-26(18-44-31)21-8-10-25(30(35)36)37-16-21/h8-11,14-16,18-20,30H,5-7,12-13,17H2,1-4H3/t20-/m1/s1. The number of thiazole rings is 1.